The SMILES string of the molecule is CCCCCCC1CC(C#N)OO1. The number of nitriles is 1. The van der Waals surface area contributed by atoms with Crippen LogP contribution in [-0.4, -0.2) is 12.2 Å². The van der Waals surface area contributed by atoms with Gasteiger partial charge in [0.15, 0.2) is 6.10 Å². The molecule has 0 saturated carbocycles. The molecule has 2 atom stereocenters. The molecule has 1 fully saturated rings. The van der Waals surface area contributed by atoms with Crippen LogP contribution >= 0.6 is 0 Å². The van der Waals surface area contributed by atoms with Gasteiger partial charge in [0.2, 0.25) is 0 Å². The molecule has 0 bridgehead atoms. The maximum Gasteiger partial charge on any atom is 0.181 e. The van der Waals surface area contributed by atoms with E-state index in [-0.39, 0.29) is 12.2 Å². The van der Waals surface area contributed by atoms with Crippen LogP contribution in [0.4, 0.5) is 0 Å². The quantitative estimate of drug-likeness (QED) is 0.486. The minimum atomic E-state index is -0.337. The standard InChI is InChI=1S/C10H17NO2/c1-2-3-4-5-6-9-7-10(8-11)13-12-9/h9-10H,2-7H2,1H3. The molecule has 0 N–H and O–H groups in total. The molecule has 3 nitrogen and oxygen atoms in total. The molecule has 0 aromatic heterocycles. The van der Waals surface area contributed by atoms with Crippen LogP contribution in [0, 0.1) is 11.3 Å². The normalized spacial score (nSPS) is 27.4. The highest BCUT2D eigenvalue weighted by atomic mass is 17.2. The summed E-state index contributed by atoms with van der Waals surface area (Å²) in [5, 5.41) is 8.54. The molecule has 2 unspecified atom stereocenters. The Kier molecular flexibility index (Phi) is 4.81. The Morgan fingerprint density at radius 3 is 2.77 bits per heavy atom. The average molecular weight is 183 g/mol. The summed E-state index contributed by atoms with van der Waals surface area (Å²) in [6.07, 6.45) is 6.56. The van der Waals surface area contributed by atoms with Crippen molar-refractivity contribution in [2.75, 3.05) is 0 Å². The Bertz CT molecular complexity index is 176. The lowest BCUT2D eigenvalue weighted by Gasteiger charge is -2.04. The first-order chi connectivity index (χ1) is 6.36. The van der Waals surface area contributed by atoms with Gasteiger partial charge in [0, 0.05) is 6.42 Å². The third kappa shape index (κ3) is 3.75. The van der Waals surface area contributed by atoms with E-state index in [1.165, 1.54) is 25.7 Å². The highest BCUT2D eigenvalue weighted by molar-refractivity contribution is 4.87. The lowest BCUT2D eigenvalue weighted by Crippen LogP contribution is -2.05. The summed E-state index contributed by atoms with van der Waals surface area (Å²) in [5.41, 5.74) is 0. The molecule has 13 heavy (non-hydrogen) atoms. The van der Waals surface area contributed by atoms with E-state index in [1.54, 1.807) is 0 Å². The Morgan fingerprint density at radius 2 is 2.15 bits per heavy atom. The molecule has 0 amide bonds. The molecule has 74 valence electrons. The molecule has 0 aliphatic carbocycles. The van der Waals surface area contributed by atoms with Crippen LogP contribution < -0.4 is 0 Å². The smallest absolute Gasteiger partial charge is 0.181 e. The van der Waals surface area contributed by atoms with E-state index in [4.69, 9.17) is 15.0 Å². The minimum Gasteiger partial charge on any atom is -0.232 e. The third-order valence-electron chi connectivity index (χ3n) is 2.31. The maximum absolute atomic E-state index is 8.54. The zero-order valence-corrected chi connectivity index (χ0v) is 8.16. The molecule has 1 heterocycles. The predicted octanol–water partition coefficient (Wildman–Crippen LogP) is 2.57. The maximum atomic E-state index is 8.54. The Morgan fingerprint density at radius 1 is 1.31 bits per heavy atom. The monoisotopic (exact) mass is 183 g/mol. The van der Waals surface area contributed by atoms with Crippen LogP contribution in [-0.2, 0) is 9.78 Å². The van der Waals surface area contributed by atoms with E-state index >= 15 is 0 Å². The Labute approximate surface area is 79.6 Å². The summed E-state index contributed by atoms with van der Waals surface area (Å²) >= 11 is 0. The van der Waals surface area contributed by atoms with E-state index in [0.29, 0.717) is 0 Å². The minimum absolute atomic E-state index is 0.154. The number of hydrogen-bond donors (Lipinski definition) is 0. The highest BCUT2D eigenvalue weighted by Crippen LogP contribution is 2.21. The van der Waals surface area contributed by atoms with Crippen LogP contribution in [0.3, 0.4) is 0 Å². The highest BCUT2D eigenvalue weighted by Gasteiger charge is 2.26. The van der Waals surface area contributed by atoms with Gasteiger partial charge < -0.3 is 0 Å². The van der Waals surface area contributed by atoms with Crippen molar-refractivity contribution in [1.29, 1.82) is 5.26 Å². The molecule has 1 aliphatic rings. The zero-order chi connectivity index (χ0) is 9.52. The van der Waals surface area contributed by atoms with Crippen LogP contribution in [0.15, 0.2) is 0 Å². The van der Waals surface area contributed by atoms with Gasteiger partial charge in [-0.3, -0.25) is 0 Å². The van der Waals surface area contributed by atoms with Crippen LogP contribution in [0.2, 0.25) is 0 Å². The summed E-state index contributed by atoms with van der Waals surface area (Å²) in [7, 11) is 0. The lowest BCUT2D eigenvalue weighted by molar-refractivity contribution is -0.288. The van der Waals surface area contributed by atoms with Gasteiger partial charge in [-0.15, -0.1) is 0 Å². The lowest BCUT2D eigenvalue weighted by atomic mass is 10.1. The van der Waals surface area contributed by atoms with Crippen molar-refractivity contribution in [3.8, 4) is 6.07 Å². The fourth-order valence-electron chi connectivity index (χ4n) is 1.50. The number of hydrogen-bond acceptors (Lipinski definition) is 3. The summed E-state index contributed by atoms with van der Waals surface area (Å²) in [4.78, 5) is 9.82. The van der Waals surface area contributed by atoms with E-state index in [1.807, 2.05) is 6.07 Å². The fraction of sp³-hybridized carbons (Fsp3) is 0.900. The van der Waals surface area contributed by atoms with Gasteiger partial charge in [0.05, 0.1) is 12.2 Å². The largest absolute Gasteiger partial charge is 0.232 e. The molecule has 1 rings (SSSR count). The van der Waals surface area contributed by atoms with Gasteiger partial charge in [0.25, 0.3) is 0 Å². The van der Waals surface area contributed by atoms with Crippen molar-refractivity contribution < 1.29 is 9.78 Å². The Hall–Kier alpha value is -0.590. The second-order valence-corrected chi connectivity index (χ2v) is 3.52. The number of nitrogens with zero attached hydrogens (tertiary/aromatic N) is 1. The predicted molar refractivity (Wildman–Crippen MR) is 48.7 cm³/mol. The van der Waals surface area contributed by atoms with E-state index < -0.39 is 0 Å². The van der Waals surface area contributed by atoms with Crippen molar-refractivity contribution >= 4 is 0 Å². The second-order valence-electron chi connectivity index (χ2n) is 3.52. The van der Waals surface area contributed by atoms with E-state index in [2.05, 4.69) is 6.92 Å². The summed E-state index contributed by atoms with van der Waals surface area (Å²) < 4.78 is 0. The molecule has 1 saturated heterocycles. The first-order valence-corrected chi connectivity index (χ1v) is 5.08. The van der Waals surface area contributed by atoms with Gasteiger partial charge in [-0.25, -0.2) is 9.78 Å². The molecular weight excluding hydrogens is 166 g/mol. The summed E-state index contributed by atoms with van der Waals surface area (Å²) in [6, 6.07) is 2.05. The summed E-state index contributed by atoms with van der Waals surface area (Å²) in [5.74, 6) is 0. The first kappa shape index (κ1) is 10.5. The molecule has 0 aromatic rings. The van der Waals surface area contributed by atoms with Gasteiger partial charge in [-0.1, -0.05) is 32.6 Å². The number of rotatable bonds is 5. The first-order valence-electron chi connectivity index (χ1n) is 5.08. The van der Waals surface area contributed by atoms with E-state index in [0.717, 1.165) is 12.8 Å². The molecule has 3 heteroatoms. The van der Waals surface area contributed by atoms with Crippen molar-refractivity contribution in [1.82, 2.24) is 0 Å². The van der Waals surface area contributed by atoms with Crippen LogP contribution in [0.1, 0.15) is 45.4 Å². The van der Waals surface area contributed by atoms with Crippen molar-refractivity contribution in [2.24, 2.45) is 0 Å². The number of unbranched alkanes of at least 4 members (excludes halogenated alkanes) is 3. The van der Waals surface area contributed by atoms with Crippen LogP contribution in [0.25, 0.3) is 0 Å². The van der Waals surface area contributed by atoms with Crippen molar-refractivity contribution in [3.05, 3.63) is 0 Å². The van der Waals surface area contributed by atoms with Gasteiger partial charge >= 0.3 is 0 Å². The molecule has 0 radical (unpaired) electrons. The van der Waals surface area contributed by atoms with Crippen molar-refractivity contribution in [3.63, 3.8) is 0 Å². The third-order valence-corrected chi connectivity index (χ3v) is 2.31. The Balaban J connectivity index is 2.01. The average Bonchev–Trinajstić information content (AvgIpc) is 2.60. The van der Waals surface area contributed by atoms with Gasteiger partial charge in [-0.05, 0) is 6.42 Å². The molecule has 0 spiro atoms. The van der Waals surface area contributed by atoms with Crippen LogP contribution in [0.5, 0.6) is 0 Å². The summed E-state index contributed by atoms with van der Waals surface area (Å²) in [6.45, 7) is 2.20. The second kappa shape index (κ2) is 5.95. The fourth-order valence-corrected chi connectivity index (χ4v) is 1.50. The molecular formula is C10H17NO2. The van der Waals surface area contributed by atoms with Gasteiger partial charge in [0.1, 0.15) is 0 Å². The van der Waals surface area contributed by atoms with E-state index in [9.17, 15) is 0 Å². The topological polar surface area (TPSA) is 42.2 Å². The molecule has 0 aromatic carbocycles. The zero-order valence-electron chi connectivity index (χ0n) is 8.16. The van der Waals surface area contributed by atoms with Crippen molar-refractivity contribution in [2.45, 2.75) is 57.7 Å². The molecule has 1 aliphatic heterocycles. The van der Waals surface area contributed by atoms with Gasteiger partial charge in [-0.2, -0.15) is 5.26 Å².